The normalized spacial score (nSPS) is 10.2. The van der Waals surface area contributed by atoms with Crippen LogP contribution in [-0.2, 0) is 26.2 Å². The Morgan fingerprint density at radius 1 is 0.722 bits per heavy atom. The van der Waals surface area contributed by atoms with Crippen LogP contribution in [0.15, 0.2) is 66.7 Å². The van der Waals surface area contributed by atoms with Gasteiger partial charge in [-0.2, -0.15) is 12.1 Å². The quantitative estimate of drug-likeness (QED) is 0.591. The second-order valence-corrected chi connectivity index (χ2v) is 5.22. The van der Waals surface area contributed by atoms with Gasteiger partial charge in [-0.15, -0.1) is 23.0 Å². The first-order chi connectivity index (χ1) is 8.43. The van der Waals surface area contributed by atoms with Crippen molar-refractivity contribution in [2.45, 2.75) is 0 Å². The van der Waals surface area contributed by atoms with E-state index in [1.165, 1.54) is 21.7 Å². The molecule has 0 aliphatic heterocycles. The molecule has 3 rings (SSSR count). The maximum atomic E-state index is 3.39. The summed E-state index contributed by atoms with van der Waals surface area (Å²) >= 11 is 0. The predicted octanol–water partition coefficient (Wildman–Crippen LogP) is 4.85. The second-order valence-electron chi connectivity index (χ2n) is 3.93. The van der Waals surface area contributed by atoms with E-state index in [0.29, 0.717) is 8.19 Å². The van der Waals surface area contributed by atoms with Crippen LogP contribution in [0.2, 0.25) is 0 Å². The van der Waals surface area contributed by atoms with Crippen LogP contribution in [0, 0.1) is 6.07 Å². The summed E-state index contributed by atoms with van der Waals surface area (Å²) in [6.07, 6.45) is 0. The molecule has 1 unspecified atom stereocenters. The van der Waals surface area contributed by atoms with E-state index in [1.54, 1.807) is 0 Å². The van der Waals surface area contributed by atoms with E-state index in [0.717, 1.165) is 0 Å². The monoisotopic (exact) mass is 325 g/mol. The van der Waals surface area contributed by atoms with Gasteiger partial charge in [-0.05, 0) is 0 Å². The molecule has 1 aromatic heterocycles. The van der Waals surface area contributed by atoms with Gasteiger partial charge in [0.15, 0.2) is 0 Å². The van der Waals surface area contributed by atoms with Crippen molar-refractivity contribution in [1.29, 1.82) is 0 Å². The van der Waals surface area contributed by atoms with Crippen LogP contribution in [0.5, 0.6) is 0 Å². The third kappa shape index (κ3) is 2.91. The summed E-state index contributed by atoms with van der Waals surface area (Å²) in [4.78, 5) is 0. The Hall–Kier alpha value is -0.897. The second kappa shape index (κ2) is 6.32. The first-order valence-electron chi connectivity index (χ1n) is 5.65. The topological polar surface area (TPSA) is 0 Å². The maximum Gasteiger partial charge on any atom is 0 e. The van der Waals surface area contributed by atoms with Crippen molar-refractivity contribution < 1.29 is 26.2 Å². The average Bonchev–Trinajstić information content (AvgIpc) is 2.90. The number of rotatable bonds is 2. The minimum Gasteiger partial charge on any atom is -0.207 e. The van der Waals surface area contributed by atoms with Gasteiger partial charge in [0.25, 0.3) is 0 Å². The Bertz CT molecular complexity index is 545. The van der Waals surface area contributed by atoms with Crippen molar-refractivity contribution >= 4 is 8.19 Å². The molecule has 0 nitrogen and oxygen atoms in total. The number of hydrogen-bond acceptors (Lipinski definition) is 0. The van der Waals surface area contributed by atoms with Gasteiger partial charge < -0.3 is 0 Å². The van der Waals surface area contributed by atoms with E-state index >= 15 is 0 Å². The van der Waals surface area contributed by atoms with Crippen molar-refractivity contribution in [3.8, 4) is 21.7 Å². The van der Waals surface area contributed by atoms with Gasteiger partial charge in [-0.1, -0.05) is 59.4 Å². The van der Waals surface area contributed by atoms with Crippen LogP contribution in [0.4, 0.5) is 0 Å². The maximum absolute atomic E-state index is 3.39. The van der Waals surface area contributed by atoms with Gasteiger partial charge in [0.05, 0.1) is 0 Å². The van der Waals surface area contributed by atoms with E-state index in [1.807, 2.05) is 6.07 Å². The van der Waals surface area contributed by atoms with Crippen molar-refractivity contribution in [1.82, 2.24) is 0 Å². The predicted molar refractivity (Wildman–Crippen MR) is 75.7 cm³/mol. The summed E-state index contributed by atoms with van der Waals surface area (Å²) in [5, 5.41) is 2.69. The third-order valence-corrected chi connectivity index (χ3v) is 4.15. The molecule has 0 amide bonds. The molecular weight excluding hydrogens is 314 g/mol. The van der Waals surface area contributed by atoms with Crippen LogP contribution in [0.1, 0.15) is 0 Å². The summed E-state index contributed by atoms with van der Waals surface area (Å²) < 4.78 is 0. The Balaban J connectivity index is 0.00000120. The van der Waals surface area contributed by atoms with Gasteiger partial charge in [0, 0.05) is 26.2 Å². The fraction of sp³-hybridized carbons (Fsp3) is 0. The molecule has 2 aromatic carbocycles. The Kier molecular flexibility index (Phi) is 4.75. The zero-order chi connectivity index (χ0) is 11.5. The summed E-state index contributed by atoms with van der Waals surface area (Å²) in [7, 11) is 0.712. The fourth-order valence-corrected chi connectivity index (χ4v) is 3.06. The van der Waals surface area contributed by atoms with Crippen LogP contribution >= 0.6 is 8.19 Å². The number of benzene rings is 2. The zero-order valence-electron chi connectivity index (χ0n) is 9.85. The third-order valence-electron chi connectivity index (χ3n) is 2.77. The van der Waals surface area contributed by atoms with Gasteiger partial charge in [-0.3, -0.25) is 0 Å². The molecule has 0 N–H and O–H groups in total. The minimum atomic E-state index is 0. The molecule has 0 radical (unpaired) electrons. The smallest absolute Gasteiger partial charge is 0 e. The zero-order valence-corrected chi connectivity index (χ0v) is 13.3. The molecule has 18 heavy (non-hydrogen) atoms. The van der Waals surface area contributed by atoms with Gasteiger partial charge >= 0.3 is 0 Å². The van der Waals surface area contributed by atoms with Crippen molar-refractivity contribution in [2.75, 3.05) is 0 Å². The minimum absolute atomic E-state index is 0. The van der Waals surface area contributed by atoms with E-state index in [9.17, 15) is 0 Å². The van der Waals surface area contributed by atoms with E-state index < -0.39 is 0 Å². The largest absolute Gasteiger partial charge is 0.207 e. The molecule has 0 spiro atoms. The SMILES string of the molecule is [Zr].[c-]1cc(-c2ccccc2)[pH]c1-c1ccccc1. The van der Waals surface area contributed by atoms with Crippen molar-refractivity contribution in [3.05, 3.63) is 72.8 Å². The van der Waals surface area contributed by atoms with E-state index in [2.05, 4.69) is 66.7 Å². The van der Waals surface area contributed by atoms with E-state index in [4.69, 9.17) is 0 Å². The average molecular weight is 326 g/mol. The van der Waals surface area contributed by atoms with Gasteiger partial charge in [0.2, 0.25) is 0 Å². The van der Waals surface area contributed by atoms with Gasteiger partial charge in [0.1, 0.15) is 0 Å². The molecule has 0 fully saturated rings. The van der Waals surface area contributed by atoms with Crippen LogP contribution in [0.3, 0.4) is 0 Å². The molecule has 0 bridgehead atoms. The van der Waals surface area contributed by atoms with Crippen LogP contribution in [0.25, 0.3) is 21.7 Å². The summed E-state index contributed by atoms with van der Waals surface area (Å²) in [5.41, 5.74) is 2.59. The molecule has 86 valence electrons. The molecular formula is C16H12PZr-. The first kappa shape index (κ1) is 13.5. The van der Waals surface area contributed by atoms with Gasteiger partial charge in [-0.25, -0.2) is 8.19 Å². The van der Waals surface area contributed by atoms with E-state index in [-0.39, 0.29) is 26.2 Å². The molecule has 0 aliphatic carbocycles. The summed E-state index contributed by atoms with van der Waals surface area (Å²) in [6.45, 7) is 0. The molecule has 2 heteroatoms. The van der Waals surface area contributed by atoms with Crippen LogP contribution in [-0.4, -0.2) is 0 Å². The first-order valence-corrected chi connectivity index (χ1v) is 6.65. The Labute approximate surface area is 128 Å². The molecule has 1 heterocycles. The fourth-order valence-electron chi connectivity index (χ4n) is 1.88. The molecule has 0 aliphatic rings. The Morgan fingerprint density at radius 2 is 1.28 bits per heavy atom. The molecule has 1 atom stereocenters. The standard InChI is InChI=1S/C16H12P.Zr/c1-3-7-13(8-4-1)15-11-12-16(17-15)14-9-5-2-6-10-14;/h1-11,17H;/q-1;. The van der Waals surface area contributed by atoms with Crippen molar-refractivity contribution in [2.24, 2.45) is 0 Å². The van der Waals surface area contributed by atoms with Crippen molar-refractivity contribution in [3.63, 3.8) is 0 Å². The van der Waals surface area contributed by atoms with Crippen LogP contribution < -0.4 is 0 Å². The Morgan fingerprint density at radius 3 is 1.89 bits per heavy atom. The molecule has 0 saturated carbocycles. The number of hydrogen-bond donors (Lipinski definition) is 0. The summed E-state index contributed by atoms with van der Waals surface area (Å²) in [5.74, 6) is 0. The molecule has 0 saturated heterocycles. The summed E-state index contributed by atoms with van der Waals surface area (Å²) in [6, 6.07) is 26.6. The molecule has 3 aromatic rings.